The molecule has 0 bridgehead atoms. The van der Waals surface area contributed by atoms with Crippen molar-refractivity contribution in [2.24, 2.45) is 11.8 Å². The van der Waals surface area contributed by atoms with Crippen LogP contribution in [0.5, 0.6) is 5.75 Å². The first kappa shape index (κ1) is 13.4. The largest absolute Gasteiger partial charge is 0.496 e. The highest BCUT2D eigenvalue weighted by Crippen LogP contribution is 2.46. The molecule has 0 radical (unpaired) electrons. The zero-order valence-electron chi connectivity index (χ0n) is 10.5. The van der Waals surface area contributed by atoms with E-state index in [1.165, 1.54) is 0 Å². The average molecular weight is 313 g/mol. The lowest BCUT2D eigenvalue weighted by Crippen LogP contribution is -2.03. The van der Waals surface area contributed by atoms with Gasteiger partial charge in [0.2, 0.25) is 0 Å². The minimum atomic E-state index is -0.659. The fraction of sp³-hybridized carbons (Fsp3) is 0.500. The third-order valence-electron chi connectivity index (χ3n) is 3.62. The van der Waals surface area contributed by atoms with E-state index < -0.39 is 5.97 Å². The van der Waals surface area contributed by atoms with Crippen molar-refractivity contribution >= 4 is 21.9 Å². The van der Waals surface area contributed by atoms with Crippen molar-refractivity contribution in [1.82, 2.24) is 0 Å². The summed E-state index contributed by atoms with van der Waals surface area (Å²) in [6.45, 7) is 2.13. The van der Waals surface area contributed by atoms with E-state index in [-0.39, 0.29) is 5.92 Å². The highest BCUT2D eigenvalue weighted by Gasteiger charge is 2.43. The second kappa shape index (κ2) is 5.31. The summed E-state index contributed by atoms with van der Waals surface area (Å²) in [5, 5.41) is 8.92. The number of benzene rings is 1. The number of carboxylic acid groups (broad SMARTS) is 1. The normalized spacial score (nSPS) is 23.5. The van der Waals surface area contributed by atoms with E-state index in [0.717, 1.165) is 28.6 Å². The van der Waals surface area contributed by atoms with Crippen LogP contribution >= 0.6 is 15.9 Å². The Labute approximate surface area is 115 Å². The van der Waals surface area contributed by atoms with Crippen molar-refractivity contribution in [1.29, 1.82) is 0 Å². The summed E-state index contributed by atoms with van der Waals surface area (Å²) in [6, 6.07) is 5.95. The molecule has 1 aromatic carbocycles. The molecule has 0 heterocycles. The highest BCUT2D eigenvalue weighted by atomic mass is 79.9. The van der Waals surface area contributed by atoms with Gasteiger partial charge in [-0.25, -0.2) is 0 Å². The Balaban J connectivity index is 2.07. The molecule has 1 saturated carbocycles. The lowest BCUT2D eigenvalue weighted by atomic mass is 9.94. The minimum absolute atomic E-state index is 0.134. The molecule has 4 heteroatoms. The fourth-order valence-electron chi connectivity index (χ4n) is 2.48. The van der Waals surface area contributed by atoms with Gasteiger partial charge in [-0.2, -0.15) is 0 Å². The van der Waals surface area contributed by atoms with Crippen molar-refractivity contribution < 1.29 is 14.6 Å². The molecule has 1 fully saturated rings. The number of ether oxygens (including phenoxy) is 1. The minimum Gasteiger partial charge on any atom is -0.496 e. The maximum absolute atomic E-state index is 10.8. The van der Waals surface area contributed by atoms with Gasteiger partial charge in [0.25, 0.3) is 0 Å². The summed E-state index contributed by atoms with van der Waals surface area (Å²) >= 11 is 3.46. The third kappa shape index (κ3) is 2.86. The van der Waals surface area contributed by atoms with Crippen molar-refractivity contribution in [3.8, 4) is 5.75 Å². The van der Waals surface area contributed by atoms with Crippen LogP contribution in [0.25, 0.3) is 0 Å². The summed E-state index contributed by atoms with van der Waals surface area (Å²) in [4.78, 5) is 10.8. The smallest absolute Gasteiger partial charge is 0.306 e. The molecule has 0 spiro atoms. The summed E-state index contributed by atoms with van der Waals surface area (Å²) in [5.74, 6) is 0.713. The van der Waals surface area contributed by atoms with Crippen LogP contribution in [0.1, 0.15) is 31.2 Å². The van der Waals surface area contributed by atoms with Gasteiger partial charge in [0.1, 0.15) is 5.75 Å². The lowest BCUT2D eigenvalue weighted by molar-refractivity contribution is -0.138. The van der Waals surface area contributed by atoms with E-state index in [4.69, 9.17) is 9.84 Å². The average Bonchev–Trinajstić information content (AvgIpc) is 3.08. The Bertz CT molecular complexity index is 458. The highest BCUT2D eigenvalue weighted by molar-refractivity contribution is 9.10. The molecule has 0 aromatic heterocycles. The Morgan fingerprint density at radius 3 is 2.89 bits per heavy atom. The van der Waals surface area contributed by atoms with Gasteiger partial charge in [-0.3, -0.25) is 4.79 Å². The van der Waals surface area contributed by atoms with Gasteiger partial charge >= 0.3 is 5.97 Å². The molecule has 3 atom stereocenters. The molecular formula is C14H17BrO3. The second-order valence-electron chi connectivity index (χ2n) is 4.96. The van der Waals surface area contributed by atoms with Gasteiger partial charge < -0.3 is 9.84 Å². The Kier molecular flexibility index (Phi) is 3.95. The van der Waals surface area contributed by atoms with Crippen LogP contribution in [-0.4, -0.2) is 18.2 Å². The van der Waals surface area contributed by atoms with Gasteiger partial charge in [-0.15, -0.1) is 0 Å². The lowest BCUT2D eigenvalue weighted by Gasteiger charge is -2.16. The first-order valence-corrected chi connectivity index (χ1v) is 6.88. The molecule has 0 aliphatic heterocycles. The van der Waals surface area contributed by atoms with E-state index in [0.29, 0.717) is 11.8 Å². The number of carbonyl (C=O) groups is 1. The predicted octanol–water partition coefficient (Wildman–Crippen LogP) is 3.67. The maximum atomic E-state index is 10.8. The van der Waals surface area contributed by atoms with Crippen molar-refractivity contribution in [2.45, 2.75) is 25.7 Å². The number of rotatable bonds is 5. The third-order valence-corrected chi connectivity index (χ3v) is 4.11. The van der Waals surface area contributed by atoms with Gasteiger partial charge in [-0.1, -0.05) is 22.9 Å². The standard InChI is InChI=1S/C14H17BrO3/c1-8(5-9-6-12(9)14(16)17)11-7-10(15)3-4-13(11)18-2/h3-4,7-9,12H,5-6H2,1-2H3,(H,16,17). The Hall–Kier alpha value is -1.03. The first-order chi connectivity index (χ1) is 8.52. The second-order valence-corrected chi connectivity index (χ2v) is 5.88. The zero-order chi connectivity index (χ0) is 13.3. The number of methoxy groups -OCH3 is 1. The van der Waals surface area contributed by atoms with E-state index in [1.807, 2.05) is 12.1 Å². The van der Waals surface area contributed by atoms with Gasteiger partial charge in [0.15, 0.2) is 0 Å². The number of hydrogen-bond donors (Lipinski definition) is 1. The summed E-state index contributed by atoms with van der Waals surface area (Å²) < 4.78 is 6.38. The van der Waals surface area contributed by atoms with E-state index >= 15 is 0 Å². The molecule has 1 N–H and O–H groups in total. The van der Waals surface area contributed by atoms with Crippen LogP contribution in [0.4, 0.5) is 0 Å². The fourth-order valence-corrected chi connectivity index (χ4v) is 2.86. The molecule has 0 saturated heterocycles. The maximum Gasteiger partial charge on any atom is 0.306 e. The van der Waals surface area contributed by atoms with Crippen LogP contribution in [0, 0.1) is 11.8 Å². The molecule has 1 aliphatic rings. The first-order valence-electron chi connectivity index (χ1n) is 6.09. The summed E-state index contributed by atoms with van der Waals surface area (Å²) in [5.41, 5.74) is 1.14. The predicted molar refractivity (Wildman–Crippen MR) is 73.0 cm³/mol. The molecule has 0 amide bonds. The van der Waals surface area contributed by atoms with Crippen LogP contribution < -0.4 is 4.74 Å². The molecule has 3 nitrogen and oxygen atoms in total. The molecule has 1 aliphatic carbocycles. The van der Waals surface area contributed by atoms with Crippen molar-refractivity contribution in [3.63, 3.8) is 0 Å². The monoisotopic (exact) mass is 312 g/mol. The van der Waals surface area contributed by atoms with Crippen molar-refractivity contribution in [3.05, 3.63) is 28.2 Å². The van der Waals surface area contributed by atoms with Crippen molar-refractivity contribution in [2.75, 3.05) is 7.11 Å². The number of hydrogen-bond acceptors (Lipinski definition) is 2. The number of carboxylic acids is 1. The van der Waals surface area contributed by atoms with Crippen LogP contribution in [0.3, 0.4) is 0 Å². The van der Waals surface area contributed by atoms with Crippen LogP contribution in [0.2, 0.25) is 0 Å². The summed E-state index contributed by atoms with van der Waals surface area (Å²) in [6.07, 6.45) is 1.72. The Morgan fingerprint density at radius 2 is 2.33 bits per heavy atom. The van der Waals surface area contributed by atoms with Crippen LogP contribution in [-0.2, 0) is 4.79 Å². The van der Waals surface area contributed by atoms with Gasteiger partial charge in [0.05, 0.1) is 13.0 Å². The van der Waals surface area contributed by atoms with E-state index in [2.05, 4.69) is 28.9 Å². The SMILES string of the molecule is COc1ccc(Br)cc1C(C)CC1CC1C(=O)O. The molecule has 98 valence electrons. The van der Waals surface area contributed by atoms with E-state index in [1.54, 1.807) is 7.11 Å². The Morgan fingerprint density at radius 1 is 1.61 bits per heavy atom. The molecule has 18 heavy (non-hydrogen) atoms. The molecule has 3 unspecified atom stereocenters. The number of aliphatic carboxylic acids is 1. The van der Waals surface area contributed by atoms with Crippen LogP contribution in [0.15, 0.2) is 22.7 Å². The zero-order valence-corrected chi connectivity index (χ0v) is 12.1. The number of halogens is 1. The topological polar surface area (TPSA) is 46.5 Å². The summed E-state index contributed by atoms with van der Waals surface area (Å²) in [7, 11) is 1.66. The molecular weight excluding hydrogens is 296 g/mol. The quantitative estimate of drug-likeness (QED) is 0.902. The molecule has 1 aromatic rings. The van der Waals surface area contributed by atoms with E-state index in [9.17, 15) is 4.79 Å². The molecule has 2 rings (SSSR count). The van der Waals surface area contributed by atoms with Gasteiger partial charge in [0, 0.05) is 4.47 Å². The van der Waals surface area contributed by atoms with Gasteiger partial charge in [-0.05, 0) is 48.4 Å².